The third kappa shape index (κ3) is 23.1. The summed E-state index contributed by atoms with van der Waals surface area (Å²) in [6, 6.07) is 7.87. The number of primary amides is 1. The van der Waals surface area contributed by atoms with E-state index in [1.807, 2.05) is 67.5 Å². The van der Waals surface area contributed by atoms with Crippen LogP contribution in [0, 0.1) is 29.6 Å². The number of carbonyl (C=O) groups excluding carboxylic acids is 9. The van der Waals surface area contributed by atoms with Gasteiger partial charge in [0.05, 0.1) is 48.4 Å². The highest BCUT2D eigenvalue weighted by molar-refractivity contribution is 7.89. The summed E-state index contributed by atoms with van der Waals surface area (Å²) in [7, 11) is 3.84. The van der Waals surface area contributed by atoms with Crippen molar-refractivity contribution in [1.82, 2.24) is 46.0 Å². The number of hydrogen-bond donors (Lipinski definition) is 8. The lowest BCUT2D eigenvalue weighted by Gasteiger charge is -2.41. The van der Waals surface area contributed by atoms with Gasteiger partial charge in [-0.15, -0.1) is 0 Å². The van der Waals surface area contributed by atoms with Crippen molar-refractivity contribution in [2.45, 2.75) is 187 Å². The monoisotopic (exact) mass is 1240 g/mol. The summed E-state index contributed by atoms with van der Waals surface area (Å²) in [5.41, 5.74) is 6.32. The van der Waals surface area contributed by atoms with Crippen LogP contribution in [-0.2, 0) is 70.0 Å². The second-order valence-corrected chi connectivity index (χ2v) is 25.9. The molecular weight excluding hydrogens is 1140 g/mol. The number of nitrogens with two attached hydrogens (primary N) is 1. The zero-order chi connectivity index (χ0) is 65.5. The predicted molar refractivity (Wildman–Crippen MR) is 334 cm³/mol. The molecule has 3 rings (SSSR count). The van der Waals surface area contributed by atoms with Crippen molar-refractivity contribution in [1.29, 1.82) is 0 Å². The molecular formula is C62H101N11O13S. The highest BCUT2D eigenvalue weighted by atomic mass is 32.2. The maximum atomic E-state index is 14.6. The van der Waals surface area contributed by atoms with Crippen LogP contribution in [0.15, 0.2) is 54.6 Å². The number of likely N-dealkylation sites (N-methyl/N-ethyl adjacent to an activating group) is 2. The van der Waals surface area contributed by atoms with E-state index < -0.39 is 106 Å². The Bertz CT molecular complexity index is 2690. The van der Waals surface area contributed by atoms with Crippen molar-refractivity contribution in [2.75, 3.05) is 53.8 Å². The van der Waals surface area contributed by atoms with Crippen molar-refractivity contribution >= 4 is 69.0 Å². The minimum absolute atomic E-state index is 0.0168. The van der Waals surface area contributed by atoms with Gasteiger partial charge in [0.1, 0.15) is 24.2 Å². The molecule has 24 nitrogen and oxygen atoms in total. The molecule has 0 saturated carbocycles. The minimum Gasteiger partial charge on any atom is -0.379 e. The number of likely N-dealkylation sites (tertiary alicyclic amines) is 1. The van der Waals surface area contributed by atoms with Crippen LogP contribution in [0.25, 0.3) is 0 Å². The second-order valence-electron chi connectivity index (χ2n) is 24.2. The molecule has 4 unspecified atom stereocenters. The number of urea groups is 1. The van der Waals surface area contributed by atoms with Gasteiger partial charge in [0.25, 0.3) is 5.91 Å². The summed E-state index contributed by atoms with van der Waals surface area (Å²) >= 11 is 0. The number of ether oxygens (including phenoxy) is 2. The molecule has 2 aromatic rings. The first-order valence-corrected chi connectivity index (χ1v) is 32.1. The van der Waals surface area contributed by atoms with E-state index >= 15 is 0 Å². The molecule has 87 heavy (non-hydrogen) atoms. The Balaban J connectivity index is 1.80. The molecule has 10 amide bonds. The van der Waals surface area contributed by atoms with E-state index in [0.717, 1.165) is 0 Å². The first kappa shape index (κ1) is 74.6. The van der Waals surface area contributed by atoms with Crippen molar-refractivity contribution in [2.24, 2.45) is 35.3 Å². The van der Waals surface area contributed by atoms with Crippen LogP contribution in [-0.4, -0.2) is 179 Å². The van der Waals surface area contributed by atoms with Gasteiger partial charge < -0.3 is 56.9 Å². The third-order valence-corrected chi connectivity index (χ3v) is 17.3. The highest BCUT2D eigenvalue weighted by Crippen LogP contribution is 2.30. The summed E-state index contributed by atoms with van der Waals surface area (Å²) < 4.78 is 41.7. The number of benzene rings is 2. The second kappa shape index (κ2) is 35.9. The van der Waals surface area contributed by atoms with Crippen molar-refractivity contribution in [3.8, 4) is 0 Å². The molecule has 11 atom stereocenters. The van der Waals surface area contributed by atoms with Gasteiger partial charge in [-0.3, -0.25) is 48.0 Å². The number of nitrogens with one attached hydrogen (secondary N) is 7. The minimum atomic E-state index is -4.42. The maximum absolute atomic E-state index is 14.6. The number of nitrogens with zero attached hydrogens (tertiary/aromatic N) is 3. The lowest BCUT2D eigenvalue weighted by atomic mass is 9.89. The Morgan fingerprint density at radius 3 is 1.87 bits per heavy atom. The Morgan fingerprint density at radius 2 is 1.33 bits per heavy atom. The smallest absolute Gasteiger partial charge is 0.312 e. The number of carbonyl (C=O) groups is 9. The molecule has 0 radical (unpaired) electrons. The third-order valence-electron chi connectivity index (χ3n) is 16.0. The Morgan fingerprint density at radius 1 is 0.713 bits per heavy atom. The molecule has 1 aliphatic heterocycles. The van der Waals surface area contributed by atoms with E-state index in [1.165, 1.54) is 38.5 Å². The average Bonchev–Trinajstić information content (AvgIpc) is 4.05. The largest absolute Gasteiger partial charge is 0.379 e. The zero-order valence-corrected chi connectivity index (χ0v) is 54.7. The summed E-state index contributed by atoms with van der Waals surface area (Å²) in [5, 5.41) is 16.4. The zero-order valence-electron chi connectivity index (χ0n) is 53.9. The molecule has 0 spiro atoms. The molecule has 0 bridgehead atoms. The van der Waals surface area contributed by atoms with Crippen LogP contribution < -0.4 is 42.4 Å². The SMILES string of the molecule is CCCC(=O)NC(C(=O)N[C@@H](CCCNC(N)=O)C(=O)Nc1ccc(CS(=O)(=O)NC(=O)[C@H](Cc2ccccc2)NC(=O)[C@H](C)[C@@H](OC)[C@@H]2CCCN2C(=O)C[C@@H](OC)C(C(C)CC)N(C)C(=O)[C@@H](NC(=O)C(C(C)C)N(C)C)C(C)C)cc1)C(C)C. The Hall–Kier alpha value is -6.70. The predicted octanol–water partition coefficient (Wildman–Crippen LogP) is 3.82. The van der Waals surface area contributed by atoms with Gasteiger partial charge in [-0.25, -0.2) is 13.2 Å². The maximum Gasteiger partial charge on any atom is 0.312 e. The van der Waals surface area contributed by atoms with Gasteiger partial charge in [-0.1, -0.05) is 118 Å². The number of rotatable bonds is 36. The molecule has 1 saturated heterocycles. The van der Waals surface area contributed by atoms with Crippen molar-refractivity contribution in [3.63, 3.8) is 0 Å². The summed E-state index contributed by atoms with van der Waals surface area (Å²) in [6.07, 6.45) is 1.05. The lowest BCUT2D eigenvalue weighted by Crippen LogP contribution is -2.59. The molecule has 2 aromatic carbocycles. The molecule has 9 N–H and O–H groups in total. The van der Waals surface area contributed by atoms with Gasteiger partial charge >= 0.3 is 6.03 Å². The standard InChI is InChI=1S/C62H101N11O13S/c1-16-23-49(74)68-51(37(3)4)59(79)66-45(26-21-32-64-62(63)82)57(77)65-44-30-28-43(29-31-44)36-87(83,84)70-58(78)46(34-42-24-19-18-20-25-42)67-56(76)41(10)55(86-15)47-27-22-33-73(47)50(75)35-48(85-14)54(40(9)17-2)72(13)61(81)52(38(5)6)69-60(80)53(39(7)8)71(11)12/h18-20,24-25,28-31,37-41,45-48,51-55H,16-17,21-23,26-27,32-36H2,1-15H3,(H,65,77)(H,66,79)(H,67,76)(H,68,74)(H,69,80)(H,70,78)(H3,63,64,82)/t40?,41-,45+,46+,47+,48-,51?,52+,53?,54?,55-/m1/s1. The quantitative estimate of drug-likeness (QED) is 0.0450. The molecule has 488 valence electrons. The number of methoxy groups -OCH3 is 2. The Kier molecular flexibility index (Phi) is 30.8. The van der Waals surface area contributed by atoms with Crippen molar-refractivity contribution in [3.05, 3.63) is 65.7 Å². The van der Waals surface area contributed by atoms with Gasteiger partial charge in [0.15, 0.2) is 0 Å². The van der Waals surface area contributed by atoms with E-state index in [-0.39, 0.29) is 97.2 Å². The molecule has 1 fully saturated rings. The molecule has 1 heterocycles. The topological polar surface area (TPSA) is 326 Å². The van der Waals surface area contributed by atoms with Crippen LogP contribution in [0.2, 0.25) is 0 Å². The normalized spacial score (nSPS) is 17.0. The molecule has 25 heteroatoms. The van der Waals surface area contributed by atoms with Crippen LogP contribution in [0.5, 0.6) is 0 Å². The van der Waals surface area contributed by atoms with E-state index in [0.29, 0.717) is 37.8 Å². The van der Waals surface area contributed by atoms with Gasteiger partial charge in [-0.2, -0.15) is 0 Å². The summed E-state index contributed by atoms with van der Waals surface area (Å²) in [5.74, 6) is -6.32. The molecule has 0 aromatic heterocycles. The van der Waals surface area contributed by atoms with E-state index in [9.17, 15) is 51.6 Å². The lowest BCUT2D eigenvalue weighted by molar-refractivity contribution is -0.148. The molecule has 1 aliphatic rings. The van der Waals surface area contributed by atoms with E-state index in [2.05, 4.69) is 36.6 Å². The van der Waals surface area contributed by atoms with Gasteiger partial charge in [0, 0.05) is 52.9 Å². The van der Waals surface area contributed by atoms with Crippen LogP contribution in [0.4, 0.5) is 10.5 Å². The first-order chi connectivity index (χ1) is 40.9. The fourth-order valence-electron chi connectivity index (χ4n) is 11.2. The molecule has 0 aliphatic carbocycles. The fraction of sp³-hybridized carbons (Fsp3) is 0.661. The van der Waals surface area contributed by atoms with Crippen LogP contribution >= 0.6 is 0 Å². The number of anilines is 1. The highest BCUT2D eigenvalue weighted by Gasteiger charge is 2.44. The summed E-state index contributed by atoms with van der Waals surface area (Å²) in [4.78, 5) is 127. The van der Waals surface area contributed by atoms with E-state index in [1.54, 1.807) is 68.0 Å². The van der Waals surface area contributed by atoms with Gasteiger partial charge in [0.2, 0.25) is 51.4 Å². The van der Waals surface area contributed by atoms with E-state index in [4.69, 9.17) is 15.2 Å². The number of sulfonamides is 1. The van der Waals surface area contributed by atoms with Crippen LogP contribution in [0.3, 0.4) is 0 Å². The fourth-order valence-corrected chi connectivity index (χ4v) is 12.4. The summed E-state index contributed by atoms with van der Waals surface area (Å²) in [6.45, 7) is 19.1. The van der Waals surface area contributed by atoms with Gasteiger partial charge in [-0.05, 0) is 93.1 Å². The average molecular weight is 1240 g/mol. The van der Waals surface area contributed by atoms with Crippen molar-refractivity contribution < 1.29 is 61.0 Å². The number of amides is 10. The first-order valence-electron chi connectivity index (χ1n) is 30.4. The Labute approximate surface area is 516 Å². The number of hydrogen-bond acceptors (Lipinski definition) is 14. The van der Waals surface area contributed by atoms with Crippen LogP contribution in [0.1, 0.15) is 132 Å².